The quantitative estimate of drug-likeness (QED) is 0.837. The molecule has 3 N–H and O–H groups in total. The number of carbonyl (C=O) groups excluding carboxylic acids is 1. The van der Waals surface area contributed by atoms with Gasteiger partial charge in [-0.3, -0.25) is 4.79 Å². The Hall–Kier alpha value is -1.10. The number of nitrogens with zero attached hydrogens (tertiary/aromatic N) is 1. The van der Waals surface area contributed by atoms with Crippen molar-refractivity contribution in [2.24, 2.45) is 5.73 Å². The van der Waals surface area contributed by atoms with E-state index in [-0.39, 0.29) is 0 Å². The summed E-state index contributed by atoms with van der Waals surface area (Å²) in [4.78, 5) is 15.3. The first-order chi connectivity index (χ1) is 7.66. The van der Waals surface area contributed by atoms with Crippen LogP contribution in [0.2, 0.25) is 0 Å². The minimum absolute atomic E-state index is 0.307. The molecule has 1 amide bonds. The molecule has 1 aromatic heterocycles. The first kappa shape index (κ1) is 11.4. The van der Waals surface area contributed by atoms with Crippen LogP contribution in [0.25, 0.3) is 0 Å². The van der Waals surface area contributed by atoms with Crippen LogP contribution in [0.5, 0.6) is 0 Å². The summed E-state index contributed by atoms with van der Waals surface area (Å²) in [5, 5.41) is 3.33. The molecule has 0 atom stereocenters. The van der Waals surface area contributed by atoms with E-state index in [0.29, 0.717) is 16.3 Å². The minimum atomic E-state index is -0.498. The summed E-state index contributed by atoms with van der Waals surface area (Å²) in [6, 6.07) is 4.10. The second-order valence-corrected chi connectivity index (χ2v) is 4.83. The molecule has 1 aliphatic carbocycles. The number of anilines is 1. The summed E-state index contributed by atoms with van der Waals surface area (Å²) in [5.74, 6) is -0.498. The lowest BCUT2D eigenvalue weighted by molar-refractivity contribution is 0.0996. The monoisotopic (exact) mass is 283 g/mol. The molecule has 1 saturated carbocycles. The number of primary amides is 1. The summed E-state index contributed by atoms with van der Waals surface area (Å²) in [5.41, 5.74) is 6.34. The van der Waals surface area contributed by atoms with E-state index in [4.69, 9.17) is 5.73 Å². The Balaban J connectivity index is 2.21. The predicted octanol–water partition coefficient (Wildman–Crippen LogP) is 2.30. The standard InChI is InChI=1S/C11H14BrN3O/c12-9-6-5-8(10(15-9)11(13)16)14-7-3-1-2-4-7/h5-7,14H,1-4H2,(H2,13,16). The van der Waals surface area contributed by atoms with Crippen molar-refractivity contribution in [3.05, 3.63) is 22.4 Å². The van der Waals surface area contributed by atoms with E-state index in [0.717, 1.165) is 18.5 Å². The third kappa shape index (κ3) is 2.52. The van der Waals surface area contributed by atoms with E-state index >= 15 is 0 Å². The SMILES string of the molecule is NC(=O)c1nc(Br)ccc1NC1CCCC1. The van der Waals surface area contributed by atoms with Crippen molar-refractivity contribution in [3.63, 3.8) is 0 Å². The number of pyridine rings is 1. The van der Waals surface area contributed by atoms with Crippen LogP contribution in [-0.2, 0) is 0 Å². The first-order valence-corrected chi connectivity index (χ1v) is 6.19. The van der Waals surface area contributed by atoms with E-state index in [9.17, 15) is 4.79 Å². The van der Waals surface area contributed by atoms with Crippen molar-refractivity contribution < 1.29 is 4.79 Å². The van der Waals surface area contributed by atoms with Gasteiger partial charge in [0.2, 0.25) is 0 Å². The molecule has 4 nitrogen and oxygen atoms in total. The molecule has 1 aromatic rings. The highest BCUT2D eigenvalue weighted by molar-refractivity contribution is 9.10. The highest BCUT2D eigenvalue weighted by Gasteiger charge is 2.18. The lowest BCUT2D eigenvalue weighted by Crippen LogP contribution is -2.21. The van der Waals surface area contributed by atoms with E-state index in [1.165, 1.54) is 12.8 Å². The second-order valence-electron chi connectivity index (χ2n) is 4.02. The Labute approximate surface area is 103 Å². The molecule has 86 valence electrons. The number of hydrogen-bond donors (Lipinski definition) is 2. The van der Waals surface area contributed by atoms with Crippen molar-refractivity contribution >= 4 is 27.5 Å². The Kier molecular flexibility index (Phi) is 3.43. The molecule has 5 heteroatoms. The molecule has 0 spiro atoms. The van der Waals surface area contributed by atoms with Gasteiger partial charge in [-0.05, 0) is 40.9 Å². The number of nitrogens with one attached hydrogen (secondary N) is 1. The first-order valence-electron chi connectivity index (χ1n) is 5.39. The molecule has 0 aromatic carbocycles. The Morgan fingerprint density at radius 3 is 2.75 bits per heavy atom. The van der Waals surface area contributed by atoms with Crippen LogP contribution in [-0.4, -0.2) is 16.9 Å². The highest BCUT2D eigenvalue weighted by Crippen LogP contribution is 2.24. The van der Waals surface area contributed by atoms with Crippen LogP contribution in [0.3, 0.4) is 0 Å². The molecule has 1 heterocycles. The van der Waals surface area contributed by atoms with Crippen molar-refractivity contribution in [3.8, 4) is 0 Å². The summed E-state index contributed by atoms with van der Waals surface area (Å²) < 4.78 is 0.623. The van der Waals surface area contributed by atoms with Crippen LogP contribution in [0, 0.1) is 0 Å². The fourth-order valence-electron chi connectivity index (χ4n) is 2.03. The van der Waals surface area contributed by atoms with Crippen LogP contribution in [0.1, 0.15) is 36.2 Å². The fourth-order valence-corrected chi connectivity index (χ4v) is 2.34. The van der Waals surface area contributed by atoms with Crippen molar-refractivity contribution in [1.29, 1.82) is 0 Å². The van der Waals surface area contributed by atoms with Gasteiger partial charge in [-0.1, -0.05) is 12.8 Å². The number of nitrogens with two attached hydrogens (primary N) is 1. The molecule has 0 saturated heterocycles. The van der Waals surface area contributed by atoms with Gasteiger partial charge in [-0.15, -0.1) is 0 Å². The summed E-state index contributed by atoms with van der Waals surface area (Å²) >= 11 is 3.23. The van der Waals surface area contributed by atoms with Crippen molar-refractivity contribution in [2.45, 2.75) is 31.7 Å². The summed E-state index contributed by atoms with van der Waals surface area (Å²) in [7, 11) is 0. The summed E-state index contributed by atoms with van der Waals surface area (Å²) in [6.45, 7) is 0. The van der Waals surface area contributed by atoms with Crippen molar-refractivity contribution in [1.82, 2.24) is 4.98 Å². The van der Waals surface area contributed by atoms with Gasteiger partial charge in [0, 0.05) is 6.04 Å². The van der Waals surface area contributed by atoms with Gasteiger partial charge in [-0.2, -0.15) is 0 Å². The van der Waals surface area contributed by atoms with E-state index in [1.807, 2.05) is 12.1 Å². The molecule has 16 heavy (non-hydrogen) atoms. The van der Waals surface area contributed by atoms with E-state index < -0.39 is 5.91 Å². The number of halogens is 1. The Morgan fingerprint density at radius 1 is 1.44 bits per heavy atom. The van der Waals surface area contributed by atoms with Gasteiger partial charge < -0.3 is 11.1 Å². The van der Waals surface area contributed by atoms with Gasteiger partial charge in [0.25, 0.3) is 5.91 Å². The lowest BCUT2D eigenvalue weighted by Gasteiger charge is -2.15. The highest BCUT2D eigenvalue weighted by atomic mass is 79.9. The van der Waals surface area contributed by atoms with Gasteiger partial charge in [-0.25, -0.2) is 4.98 Å². The normalized spacial score (nSPS) is 16.3. The molecule has 0 radical (unpaired) electrons. The topological polar surface area (TPSA) is 68.0 Å². The molecular weight excluding hydrogens is 270 g/mol. The third-order valence-corrected chi connectivity index (χ3v) is 3.25. The molecule has 2 rings (SSSR count). The molecule has 0 unspecified atom stereocenters. The zero-order valence-corrected chi connectivity index (χ0v) is 10.5. The maximum Gasteiger partial charge on any atom is 0.269 e. The average molecular weight is 284 g/mol. The van der Waals surface area contributed by atoms with Crippen LogP contribution >= 0.6 is 15.9 Å². The number of carbonyl (C=O) groups is 1. The predicted molar refractivity (Wildman–Crippen MR) is 66.3 cm³/mol. The zero-order chi connectivity index (χ0) is 11.5. The van der Waals surface area contributed by atoms with Gasteiger partial charge in [0.1, 0.15) is 4.60 Å². The van der Waals surface area contributed by atoms with Gasteiger partial charge in [0.05, 0.1) is 5.69 Å². The van der Waals surface area contributed by atoms with Crippen LogP contribution in [0.15, 0.2) is 16.7 Å². The number of amides is 1. The third-order valence-electron chi connectivity index (χ3n) is 2.81. The van der Waals surface area contributed by atoms with Gasteiger partial charge >= 0.3 is 0 Å². The smallest absolute Gasteiger partial charge is 0.269 e. The zero-order valence-electron chi connectivity index (χ0n) is 8.87. The van der Waals surface area contributed by atoms with E-state index in [2.05, 4.69) is 26.2 Å². The summed E-state index contributed by atoms with van der Waals surface area (Å²) in [6.07, 6.45) is 4.78. The molecular formula is C11H14BrN3O. The minimum Gasteiger partial charge on any atom is -0.380 e. The molecule has 0 bridgehead atoms. The average Bonchev–Trinajstić information content (AvgIpc) is 2.73. The number of hydrogen-bond acceptors (Lipinski definition) is 3. The largest absolute Gasteiger partial charge is 0.380 e. The van der Waals surface area contributed by atoms with Gasteiger partial charge in [0.15, 0.2) is 5.69 Å². The number of rotatable bonds is 3. The lowest BCUT2D eigenvalue weighted by atomic mass is 10.2. The fraction of sp³-hybridized carbons (Fsp3) is 0.455. The second kappa shape index (κ2) is 4.82. The molecule has 1 fully saturated rings. The van der Waals surface area contributed by atoms with Crippen LogP contribution < -0.4 is 11.1 Å². The number of aromatic nitrogens is 1. The Bertz CT molecular complexity index is 402. The maximum atomic E-state index is 11.2. The van der Waals surface area contributed by atoms with E-state index in [1.54, 1.807) is 0 Å². The van der Waals surface area contributed by atoms with Crippen LogP contribution in [0.4, 0.5) is 5.69 Å². The molecule has 0 aliphatic heterocycles. The molecule has 1 aliphatic rings. The maximum absolute atomic E-state index is 11.2. The van der Waals surface area contributed by atoms with Crippen molar-refractivity contribution in [2.75, 3.05) is 5.32 Å². The Morgan fingerprint density at radius 2 is 2.12 bits per heavy atom.